The van der Waals surface area contributed by atoms with E-state index in [4.69, 9.17) is 9.84 Å². The lowest BCUT2D eigenvalue weighted by Gasteiger charge is -2.14. The van der Waals surface area contributed by atoms with Gasteiger partial charge in [0.1, 0.15) is 0 Å². The van der Waals surface area contributed by atoms with Gasteiger partial charge in [0.25, 0.3) is 0 Å². The molecule has 1 saturated heterocycles. The third-order valence-electron chi connectivity index (χ3n) is 3.37. The maximum absolute atomic E-state index is 11.2. The second-order valence-electron chi connectivity index (χ2n) is 3.95. The molecule has 0 spiro atoms. The highest BCUT2D eigenvalue weighted by Gasteiger charge is 2.49. The van der Waals surface area contributed by atoms with Gasteiger partial charge in [-0.25, -0.2) is 0 Å². The van der Waals surface area contributed by atoms with Gasteiger partial charge in [-0.2, -0.15) is 0 Å². The molecule has 2 rings (SSSR count). The smallest absolute Gasteiger partial charge is 0.309 e. The summed E-state index contributed by atoms with van der Waals surface area (Å²) in [5.41, 5.74) is 0. The molecule has 0 bridgehead atoms. The minimum absolute atomic E-state index is 0.0524. The molecule has 0 amide bonds. The number of esters is 1. The van der Waals surface area contributed by atoms with E-state index in [-0.39, 0.29) is 18.5 Å². The van der Waals surface area contributed by atoms with E-state index in [0.29, 0.717) is 24.4 Å². The maximum Gasteiger partial charge on any atom is 0.309 e. The van der Waals surface area contributed by atoms with E-state index in [1.807, 2.05) is 6.92 Å². The van der Waals surface area contributed by atoms with E-state index in [1.54, 1.807) is 0 Å². The molecule has 0 radical (unpaired) electrons. The molecular formula is C9H14O3. The summed E-state index contributed by atoms with van der Waals surface area (Å²) in [5, 5.41) is 9.03. The molecule has 4 unspecified atom stereocenters. The quantitative estimate of drug-likeness (QED) is 0.580. The number of ether oxygens (including phenoxy) is 1. The summed E-state index contributed by atoms with van der Waals surface area (Å²) in [6.07, 6.45) is 0.952. The Morgan fingerprint density at radius 2 is 2.42 bits per heavy atom. The van der Waals surface area contributed by atoms with Crippen molar-refractivity contribution in [2.75, 3.05) is 13.2 Å². The summed E-state index contributed by atoms with van der Waals surface area (Å²) in [6.45, 7) is 2.82. The SMILES string of the molecule is CC1C(CO)CC2COC(=O)C21. The van der Waals surface area contributed by atoms with Gasteiger partial charge in [0.15, 0.2) is 0 Å². The van der Waals surface area contributed by atoms with Gasteiger partial charge in [-0.15, -0.1) is 0 Å². The van der Waals surface area contributed by atoms with Gasteiger partial charge in [0, 0.05) is 12.5 Å². The van der Waals surface area contributed by atoms with Crippen LogP contribution in [0.25, 0.3) is 0 Å². The second kappa shape index (κ2) is 2.73. The minimum atomic E-state index is -0.0524. The Morgan fingerprint density at radius 1 is 1.67 bits per heavy atom. The zero-order chi connectivity index (χ0) is 8.72. The molecule has 2 aliphatic rings. The van der Waals surface area contributed by atoms with Gasteiger partial charge in [0.05, 0.1) is 12.5 Å². The molecule has 3 heteroatoms. The Morgan fingerprint density at radius 3 is 3.00 bits per heavy atom. The van der Waals surface area contributed by atoms with Crippen LogP contribution in [0.15, 0.2) is 0 Å². The van der Waals surface area contributed by atoms with Crippen LogP contribution in [0.1, 0.15) is 13.3 Å². The van der Waals surface area contributed by atoms with Gasteiger partial charge in [-0.05, 0) is 18.3 Å². The molecule has 0 aromatic rings. The third-order valence-corrected chi connectivity index (χ3v) is 3.37. The van der Waals surface area contributed by atoms with Crippen molar-refractivity contribution < 1.29 is 14.6 Å². The van der Waals surface area contributed by atoms with E-state index in [2.05, 4.69) is 0 Å². The highest BCUT2D eigenvalue weighted by molar-refractivity contribution is 5.75. The average molecular weight is 170 g/mol. The summed E-state index contributed by atoms with van der Waals surface area (Å²) in [6, 6.07) is 0. The van der Waals surface area contributed by atoms with Crippen molar-refractivity contribution in [3.63, 3.8) is 0 Å². The number of aliphatic hydroxyl groups excluding tert-OH is 1. The molecule has 1 heterocycles. The predicted molar refractivity (Wildman–Crippen MR) is 42.3 cm³/mol. The van der Waals surface area contributed by atoms with E-state index in [1.165, 1.54) is 0 Å². The number of carbonyl (C=O) groups excluding carboxylic acids is 1. The molecule has 0 aromatic heterocycles. The largest absolute Gasteiger partial charge is 0.465 e. The maximum atomic E-state index is 11.2. The van der Waals surface area contributed by atoms with E-state index >= 15 is 0 Å². The monoisotopic (exact) mass is 170 g/mol. The summed E-state index contributed by atoms with van der Waals surface area (Å²) < 4.78 is 4.96. The second-order valence-corrected chi connectivity index (χ2v) is 3.95. The highest BCUT2D eigenvalue weighted by atomic mass is 16.5. The van der Waals surface area contributed by atoms with Crippen molar-refractivity contribution in [3.05, 3.63) is 0 Å². The topological polar surface area (TPSA) is 46.5 Å². The minimum Gasteiger partial charge on any atom is -0.465 e. The van der Waals surface area contributed by atoms with Crippen LogP contribution in [-0.2, 0) is 9.53 Å². The highest BCUT2D eigenvalue weighted by Crippen LogP contribution is 2.45. The Labute approximate surface area is 71.7 Å². The van der Waals surface area contributed by atoms with Gasteiger partial charge < -0.3 is 9.84 Å². The van der Waals surface area contributed by atoms with Crippen LogP contribution in [-0.4, -0.2) is 24.3 Å². The number of carbonyl (C=O) groups is 1. The fraction of sp³-hybridized carbons (Fsp3) is 0.889. The summed E-state index contributed by atoms with van der Waals surface area (Å²) in [4.78, 5) is 11.2. The van der Waals surface area contributed by atoms with Gasteiger partial charge >= 0.3 is 5.97 Å². The van der Waals surface area contributed by atoms with Crippen LogP contribution in [0.2, 0.25) is 0 Å². The summed E-state index contributed by atoms with van der Waals surface area (Å²) in [5.74, 6) is 1.01. The van der Waals surface area contributed by atoms with Gasteiger partial charge in [-0.3, -0.25) is 4.79 Å². The van der Waals surface area contributed by atoms with Crippen molar-refractivity contribution >= 4 is 5.97 Å². The molecule has 68 valence electrons. The molecule has 2 fully saturated rings. The van der Waals surface area contributed by atoms with Crippen molar-refractivity contribution in [1.82, 2.24) is 0 Å². The predicted octanol–water partition coefficient (Wildman–Crippen LogP) is 0.424. The van der Waals surface area contributed by atoms with Crippen LogP contribution >= 0.6 is 0 Å². The number of hydrogen-bond acceptors (Lipinski definition) is 3. The lowest BCUT2D eigenvalue weighted by atomic mass is 9.90. The van der Waals surface area contributed by atoms with Crippen LogP contribution < -0.4 is 0 Å². The third kappa shape index (κ3) is 0.959. The number of rotatable bonds is 1. The van der Waals surface area contributed by atoms with E-state index in [9.17, 15) is 4.79 Å². The van der Waals surface area contributed by atoms with Crippen LogP contribution in [0, 0.1) is 23.7 Å². The Bertz CT molecular complexity index is 202. The molecule has 12 heavy (non-hydrogen) atoms. The zero-order valence-electron chi connectivity index (χ0n) is 7.19. The summed E-state index contributed by atoms with van der Waals surface area (Å²) >= 11 is 0. The molecule has 1 saturated carbocycles. The Kier molecular flexibility index (Phi) is 1.83. The number of aliphatic hydroxyl groups is 1. The summed E-state index contributed by atoms with van der Waals surface area (Å²) in [7, 11) is 0. The molecular weight excluding hydrogens is 156 g/mol. The van der Waals surface area contributed by atoms with E-state index < -0.39 is 0 Å². The zero-order valence-corrected chi connectivity index (χ0v) is 7.19. The lowest BCUT2D eigenvalue weighted by Crippen LogP contribution is -2.20. The molecule has 3 nitrogen and oxygen atoms in total. The molecule has 1 N–H and O–H groups in total. The number of cyclic esters (lactones) is 1. The van der Waals surface area contributed by atoms with Crippen molar-refractivity contribution in [2.24, 2.45) is 23.7 Å². The van der Waals surface area contributed by atoms with Crippen molar-refractivity contribution in [1.29, 1.82) is 0 Å². The first-order chi connectivity index (χ1) is 5.74. The standard InChI is InChI=1S/C9H14O3/c1-5-6(3-10)2-7-4-12-9(11)8(5)7/h5-8,10H,2-4H2,1H3. The average Bonchev–Trinajstić information content (AvgIpc) is 2.55. The van der Waals surface area contributed by atoms with Gasteiger partial charge in [-0.1, -0.05) is 6.92 Å². The van der Waals surface area contributed by atoms with Crippen molar-refractivity contribution in [2.45, 2.75) is 13.3 Å². The van der Waals surface area contributed by atoms with Crippen LogP contribution in [0.3, 0.4) is 0 Å². The Balaban J connectivity index is 2.14. The van der Waals surface area contributed by atoms with Gasteiger partial charge in [0.2, 0.25) is 0 Å². The molecule has 4 atom stereocenters. The van der Waals surface area contributed by atoms with E-state index in [0.717, 1.165) is 6.42 Å². The normalized spacial score (nSPS) is 46.0. The molecule has 0 aromatic carbocycles. The first kappa shape index (κ1) is 8.05. The first-order valence-electron chi connectivity index (χ1n) is 4.51. The molecule has 1 aliphatic heterocycles. The first-order valence-corrected chi connectivity index (χ1v) is 4.51. The fourth-order valence-electron chi connectivity index (χ4n) is 2.58. The lowest BCUT2D eigenvalue weighted by molar-refractivity contribution is -0.142. The van der Waals surface area contributed by atoms with Crippen LogP contribution in [0.5, 0.6) is 0 Å². The number of fused-ring (bicyclic) bond motifs is 1. The van der Waals surface area contributed by atoms with Crippen LogP contribution in [0.4, 0.5) is 0 Å². The molecule has 1 aliphatic carbocycles. The fourth-order valence-corrected chi connectivity index (χ4v) is 2.58. The Hall–Kier alpha value is -0.570. The van der Waals surface area contributed by atoms with Crippen molar-refractivity contribution in [3.8, 4) is 0 Å². The number of hydrogen-bond donors (Lipinski definition) is 1.